The van der Waals surface area contributed by atoms with Crippen molar-refractivity contribution in [1.82, 2.24) is 24.5 Å². The third kappa shape index (κ3) is 5.44. The topological polar surface area (TPSA) is 75.0 Å². The number of nitrogens with zero attached hydrogens (tertiary/aromatic N) is 5. The molecular weight excluding hydrogens is 582 g/mol. The molecule has 0 aliphatic carbocycles. The van der Waals surface area contributed by atoms with Crippen LogP contribution in [0.3, 0.4) is 0 Å². The van der Waals surface area contributed by atoms with Gasteiger partial charge in [-0.25, -0.2) is 9.97 Å². The van der Waals surface area contributed by atoms with Crippen LogP contribution < -0.4 is 9.47 Å². The van der Waals surface area contributed by atoms with E-state index >= 15 is 0 Å². The Morgan fingerprint density at radius 1 is 0.447 bits per heavy atom. The number of rotatable bonds is 7. The van der Waals surface area contributed by atoms with E-state index in [-0.39, 0.29) is 0 Å². The van der Waals surface area contributed by atoms with Crippen molar-refractivity contribution in [2.75, 3.05) is 0 Å². The first-order valence-corrected chi connectivity index (χ1v) is 15.4. The lowest BCUT2D eigenvalue weighted by Crippen LogP contribution is -2.00. The van der Waals surface area contributed by atoms with E-state index in [2.05, 4.69) is 58.0 Å². The molecule has 0 fully saturated rings. The van der Waals surface area contributed by atoms with Crippen molar-refractivity contribution in [1.29, 1.82) is 0 Å². The average Bonchev–Trinajstić information content (AvgIpc) is 3.44. The molecule has 7 heteroatoms. The van der Waals surface area contributed by atoms with Crippen molar-refractivity contribution in [3.63, 3.8) is 0 Å². The van der Waals surface area contributed by atoms with Crippen molar-refractivity contribution in [2.24, 2.45) is 0 Å². The third-order valence-corrected chi connectivity index (χ3v) is 8.23. The van der Waals surface area contributed by atoms with Crippen LogP contribution in [0.4, 0.5) is 0 Å². The van der Waals surface area contributed by atoms with Gasteiger partial charge in [0.1, 0.15) is 23.0 Å². The minimum absolute atomic E-state index is 0.558. The number of benzene rings is 4. The van der Waals surface area contributed by atoms with Crippen LogP contribution in [0.2, 0.25) is 0 Å². The van der Waals surface area contributed by atoms with Gasteiger partial charge in [0.15, 0.2) is 0 Å². The van der Waals surface area contributed by atoms with Crippen LogP contribution in [0, 0.1) is 13.8 Å². The molecule has 0 aliphatic rings. The monoisotopic (exact) mass is 611 g/mol. The minimum atomic E-state index is 0.558. The molecule has 0 saturated heterocycles. The second-order valence-electron chi connectivity index (χ2n) is 11.3. The van der Waals surface area contributed by atoms with E-state index in [1.54, 1.807) is 24.8 Å². The van der Waals surface area contributed by atoms with Crippen LogP contribution in [0.15, 0.2) is 140 Å². The lowest BCUT2D eigenvalue weighted by Gasteiger charge is -2.11. The Hall–Kier alpha value is -6.34. The molecular formula is C40H29N5O2. The fourth-order valence-electron chi connectivity index (χ4n) is 5.92. The molecule has 8 aromatic rings. The van der Waals surface area contributed by atoms with Gasteiger partial charge in [0.05, 0.1) is 22.4 Å². The van der Waals surface area contributed by atoms with Gasteiger partial charge in [0, 0.05) is 58.8 Å². The first kappa shape index (κ1) is 28.2. The Balaban J connectivity index is 1.19. The number of aryl methyl sites for hydroxylation is 2. The van der Waals surface area contributed by atoms with Gasteiger partial charge < -0.3 is 9.47 Å². The summed E-state index contributed by atoms with van der Waals surface area (Å²) in [6.45, 7) is 4.16. The van der Waals surface area contributed by atoms with E-state index in [9.17, 15) is 0 Å². The maximum absolute atomic E-state index is 6.44. The molecule has 8 rings (SSSR count). The highest BCUT2D eigenvalue weighted by Crippen LogP contribution is 2.38. The number of hydrogen-bond donors (Lipinski definition) is 0. The summed E-state index contributed by atoms with van der Waals surface area (Å²) in [5.41, 5.74) is 7.98. The average molecular weight is 612 g/mol. The number of pyridine rings is 2. The zero-order valence-corrected chi connectivity index (χ0v) is 25.8. The van der Waals surface area contributed by atoms with Crippen LogP contribution in [0.1, 0.15) is 11.1 Å². The molecule has 7 nitrogen and oxygen atoms in total. The fourth-order valence-corrected chi connectivity index (χ4v) is 5.92. The second kappa shape index (κ2) is 11.9. The summed E-state index contributed by atoms with van der Waals surface area (Å²) < 4.78 is 14.9. The molecule has 4 aromatic carbocycles. The first-order chi connectivity index (χ1) is 23.1. The Kier molecular flexibility index (Phi) is 7.11. The van der Waals surface area contributed by atoms with Crippen LogP contribution in [-0.4, -0.2) is 24.5 Å². The summed E-state index contributed by atoms with van der Waals surface area (Å²) in [6, 6.07) is 38.0. The quantitative estimate of drug-likeness (QED) is 0.179. The molecule has 0 amide bonds. The van der Waals surface area contributed by atoms with Gasteiger partial charge in [-0.2, -0.15) is 0 Å². The summed E-state index contributed by atoms with van der Waals surface area (Å²) in [6.07, 6.45) is 7.10. The molecule has 226 valence electrons. The molecule has 0 spiro atoms. The normalized spacial score (nSPS) is 11.2. The van der Waals surface area contributed by atoms with E-state index in [0.29, 0.717) is 17.4 Å². The molecule has 4 heterocycles. The van der Waals surface area contributed by atoms with E-state index in [1.165, 1.54) is 0 Å². The summed E-state index contributed by atoms with van der Waals surface area (Å²) >= 11 is 0. The van der Waals surface area contributed by atoms with Crippen molar-refractivity contribution < 1.29 is 9.47 Å². The zero-order valence-electron chi connectivity index (χ0n) is 25.8. The van der Waals surface area contributed by atoms with Gasteiger partial charge >= 0.3 is 0 Å². The standard InChI is InChI=1S/C40H29N5O2/c1-26-10-12-28(22-34(26)36-8-3-5-18-41-36)46-30-14-16-32-33-17-15-31(25-39(33)45(38(32)24-30)40-43-20-7-21-44-40)47-29-13-11-27(2)35(23-29)37-9-4-6-19-42-37/h3-25H,1-2H3. The zero-order chi connectivity index (χ0) is 31.7. The molecule has 0 bridgehead atoms. The van der Waals surface area contributed by atoms with Crippen LogP contribution >= 0.6 is 0 Å². The van der Waals surface area contributed by atoms with Crippen molar-refractivity contribution in [3.8, 4) is 51.5 Å². The van der Waals surface area contributed by atoms with E-state index in [4.69, 9.17) is 9.47 Å². The summed E-state index contributed by atoms with van der Waals surface area (Å²) in [7, 11) is 0. The highest BCUT2D eigenvalue weighted by Gasteiger charge is 2.17. The van der Waals surface area contributed by atoms with Gasteiger partial charge in [-0.3, -0.25) is 14.5 Å². The lowest BCUT2D eigenvalue weighted by atomic mass is 10.0. The molecule has 0 unspecified atom stereocenters. The molecule has 0 saturated carbocycles. The third-order valence-electron chi connectivity index (χ3n) is 8.23. The van der Waals surface area contributed by atoms with Gasteiger partial charge in [0.2, 0.25) is 5.95 Å². The smallest absolute Gasteiger partial charge is 0.234 e. The van der Waals surface area contributed by atoms with Crippen molar-refractivity contribution >= 4 is 21.8 Å². The number of ether oxygens (including phenoxy) is 2. The molecule has 0 radical (unpaired) electrons. The SMILES string of the molecule is Cc1ccc(Oc2ccc3c4ccc(Oc5ccc(C)c(-c6ccccn6)c5)cc4n(-c4ncccn4)c3c2)cc1-c1ccccn1. The predicted molar refractivity (Wildman–Crippen MR) is 185 cm³/mol. The van der Waals surface area contributed by atoms with Crippen molar-refractivity contribution in [3.05, 3.63) is 151 Å². The Morgan fingerprint density at radius 3 is 1.36 bits per heavy atom. The van der Waals surface area contributed by atoms with Crippen LogP contribution in [-0.2, 0) is 0 Å². The summed E-state index contributed by atoms with van der Waals surface area (Å²) in [5.74, 6) is 3.42. The Labute approximate surface area is 271 Å². The van der Waals surface area contributed by atoms with E-state index < -0.39 is 0 Å². The lowest BCUT2D eigenvalue weighted by molar-refractivity contribution is 0.483. The summed E-state index contributed by atoms with van der Waals surface area (Å²) in [5, 5.41) is 2.11. The van der Waals surface area contributed by atoms with Gasteiger partial charge in [-0.05, 0) is 104 Å². The molecule has 4 aromatic heterocycles. The van der Waals surface area contributed by atoms with Gasteiger partial charge in [0.25, 0.3) is 0 Å². The molecule has 0 N–H and O–H groups in total. The molecule has 0 aliphatic heterocycles. The van der Waals surface area contributed by atoms with Crippen molar-refractivity contribution in [2.45, 2.75) is 13.8 Å². The number of hydrogen-bond acceptors (Lipinski definition) is 6. The van der Waals surface area contributed by atoms with E-state index in [1.807, 2.05) is 95.6 Å². The molecule has 0 atom stereocenters. The largest absolute Gasteiger partial charge is 0.457 e. The molecule has 47 heavy (non-hydrogen) atoms. The minimum Gasteiger partial charge on any atom is -0.457 e. The second-order valence-corrected chi connectivity index (χ2v) is 11.3. The maximum atomic E-state index is 6.44. The number of aromatic nitrogens is 5. The van der Waals surface area contributed by atoms with Crippen LogP contribution in [0.25, 0.3) is 50.3 Å². The maximum Gasteiger partial charge on any atom is 0.234 e. The predicted octanol–water partition coefficient (Wildman–Crippen LogP) is 9.90. The van der Waals surface area contributed by atoms with E-state index in [0.717, 1.165) is 66.9 Å². The first-order valence-electron chi connectivity index (χ1n) is 15.4. The van der Waals surface area contributed by atoms with Gasteiger partial charge in [-0.1, -0.05) is 24.3 Å². The Morgan fingerprint density at radius 2 is 0.894 bits per heavy atom. The Bertz CT molecular complexity index is 2220. The highest BCUT2D eigenvalue weighted by atomic mass is 16.5. The van der Waals surface area contributed by atoms with Gasteiger partial charge in [-0.15, -0.1) is 0 Å². The van der Waals surface area contributed by atoms with Crippen LogP contribution in [0.5, 0.6) is 23.0 Å². The summed E-state index contributed by atoms with van der Waals surface area (Å²) in [4.78, 5) is 18.3. The fraction of sp³-hybridized carbons (Fsp3) is 0.0500. The number of fused-ring (bicyclic) bond motifs is 3. The highest BCUT2D eigenvalue weighted by molar-refractivity contribution is 6.09.